The summed E-state index contributed by atoms with van der Waals surface area (Å²) in [7, 11) is -3.34. The van der Waals surface area contributed by atoms with Gasteiger partial charge in [-0.15, -0.1) is 0 Å². The molecule has 138 valence electrons. The van der Waals surface area contributed by atoms with Crippen molar-refractivity contribution in [1.82, 2.24) is 4.98 Å². The van der Waals surface area contributed by atoms with Crippen LogP contribution in [0.1, 0.15) is 32.0 Å². The first-order valence-electron chi connectivity index (χ1n) is 8.40. The van der Waals surface area contributed by atoms with Gasteiger partial charge in [0.05, 0.1) is 4.90 Å². The first kappa shape index (κ1) is 18.8. The smallest absolute Gasteiger partial charge is 0.175 e. The van der Waals surface area contributed by atoms with Gasteiger partial charge in [-0.3, -0.25) is 0 Å². The Morgan fingerprint density at radius 1 is 1.08 bits per heavy atom. The van der Waals surface area contributed by atoms with E-state index in [1.54, 1.807) is 12.1 Å². The second-order valence-electron chi connectivity index (χ2n) is 7.61. The molecule has 1 aromatic heterocycles. The molecule has 0 saturated carbocycles. The van der Waals surface area contributed by atoms with Crippen LogP contribution < -0.4 is 5.32 Å². The third kappa shape index (κ3) is 4.05. The molecule has 3 aromatic rings. The van der Waals surface area contributed by atoms with Crippen LogP contribution >= 0.6 is 11.6 Å². The van der Waals surface area contributed by atoms with Crippen molar-refractivity contribution in [2.75, 3.05) is 11.6 Å². The first-order valence-corrected chi connectivity index (χ1v) is 10.7. The Kier molecular flexibility index (Phi) is 4.80. The van der Waals surface area contributed by atoms with E-state index in [0.29, 0.717) is 17.1 Å². The molecule has 6 heteroatoms. The van der Waals surface area contributed by atoms with Crippen LogP contribution in [0.3, 0.4) is 0 Å². The maximum Gasteiger partial charge on any atom is 0.175 e. The average molecular weight is 391 g/mol. The van der Waals surface area contributed by atoms with Gasteiger partial charge >= 0.3 is 0 Å². The van der Waals surface area contributed by atoms with Gasteiger partial charge in [-0.25, -0.2) is 8.42 Å². The van der Waals surface area contributed by atoms with Crippen LogP contribution in [0.25, 0.3) is 10.9 Å². The standard InChI is InChI=1S/C20H23ClN2O2S/c1-20(2,3)19-10-14-9-16(7-8-17(14)23-19)22-12-13-5-6-15(21)11-18(13)26(4,24)25/h5-11,22-23H,12H2,1-4H3. The van der Waals surface area contributed by atoms with Crippen LogP contribution in [0.5, 0.6) is 0 Å². The van der Waals surface area contributed by atoms with Crippen LogP contribution in [0, 0.1) is 0 Å². The lowest BCUT2D eigenvalue weighted by Crippen LogP contribution is -2.10. The number of sulfone groups is 1. The zero-order valence-electron chi connectivity index (χ0n) is 15.4. The van der Waals surface area contributed by atoms with Gasteiger partial charge in [-0.2, -0.15) is 0 Å². The lowest BCUT2D eigenvalue weighted by Gasteiger charge is -2.15. The molecular formula is C20H23ClN2O2S. The largest absolute Gasteiger partial charge is 0.381 e. The van der Waals surface area contributed by atoms with E-state index in [9.17, 15) is 8.42 Å². The Morgan fingerprint density at radius 2 is 1.81 bits per heavy atom. The number of hydrogen-bond donors (Lipinski definition) is 2. The summed E-state index contributed by atoms with van der Waals surface area (Å²) in [5, 5.41) is 4.85. The molecule has 3 rings (SSSR count). The predicted molar refractivity (Wildman–Crippen MR) is 109 cm³/mol. The number of H-pyrrole nitrogens is 1. The molecule has 0 fully saturated rings. The fraction of sp³-hybridized carbons (Fsp3) is 0.300. The van der Waals surface area contributed by atoms with Crippen molar-refractivity contribution < 1.29 is 8.42 Å². The molecule has 0 radical (unpaired) electrons. The molecule has 4 nitrogen and oxygen atoms in total. The molecule has 0 aliphatic carbocycles. The van der Waals surface area contributed by atoms with Gasteiger partial charge in [0.15, 0.2) is 9.84 Å². The Hall–Kier alpha value is -1.98. The van der Waals surface area contributed by atoms with Crippen molar-refractivity contribution in [1.29, 1.82) is 0 Å². The second-order valence-corrected chi connectivity index (χ2v) is 10.0. The Labute approximate surface area is 159 Å². The third-order valence-electron chi connectivity index (χ3n) is 4.34. The fourth-order valence-electron chi connectivity index (χ4n) is 2.86. The summed E-state index contributed by atoms with van der Waals surface area (Å²) in [4.78, 5) is 3.71. The van der Waals surface area contributed by atoms with Gasteiger partial charge in [0.1, 0.15) is 0 Å². The van der Waals surface area contributed by atoms with E-state index in [-0.39, 0.29) is 10.3 Å². The quantitative estimate of drug-likeness (QED) is 0.648. The summed E-state index contributed by atoms with van der Waals surface area (Å²) in [6, 6.07) is 13.2. The summed E-state index contributed by atoms with van der Waals surface area (Å²) < 4.78 is 24.0. The Morgan fingerprint density at radius 3 is 2.46 bits per heavy atom. The van der Waals surface area contributed by atoms with E-state index in [2.05, 4.69) is 43.2 Å². The van der Waals surface area contributed by atoms with Gasteiger partial charge in [-0.05, 0) is 42.0 Å². The minimum Gasteiger partial charge on any atom is -0.381 e. The van der Waals surface area contributed by atoms with Crippen molar-refractivity contribution in [2.24, 2.45) is 0 Å². The molecule has 2 aromatic carbocycles. The Bertz CT molecular complexity index is 1060. The van der Waals surface area contributed by atoms with Gasteiger partial charge in [0.25, 0.3) is 0 Å². The van der Waals surface area contributed by atoms with Crippen molar-refractivity contribution in [2.45, 2.75) is 37.6 Å². The second kappa shape index (κ2) is 6.63. The van der Waals surface area contributed by atoms with Crippen LogP contribution in [-0.2, 0) is 21.8 Å². The van der Waals surface area contributed by atoms with Crippen LogP contribution in [-0.4, -0.2) is 19.7 Å². The molecule has 0 saturated heterocycles. The van der Waals surface area contributed by atoms with Crippen molar-refractivity contribution in [3.8, 4) is 0 Å². The van der Waals surface area contributed by atoms with Crippen molar-refractivity contribution in [3.63, 3.8) is 0 Å². The number of aromatic amines is 1. The molecular weight excluding hydrogens is 368 g/mol. The first-order chi connectivity index (χ1) is 12.0. The van der Waals surface area contributed by atoms with Gasteiger partial charge in [-0.1, -0.05) is 38.4 Å². The zero-order valence-corrected chi connectivity index (χ0v) is 16.9. The van der Waals surface area contributed by atoms with Gasteiger partial charge in [0, 0.05) is 45.5 Å². The van der Waals surface area contributed by atoms with E-state index < -0.39 is 9.84 Å². The molecule has 0 amide bonds. The molecule has 2 N–H and O–H groups in total. The number of halogens is 1. The highest BCUT2D eigenvalue weighted by atomic mass is 35.5. The normalized spacial score (nSPS) is 12.5. The molecule has 0 spiro atoms. The number of benzene rings is 2. The van der Waals surface area contributed by atoms with Crippen molar-refractivity contribution in [3.05, 3.63) is 58.7 Å². The van der Waals surface area contributed by atoms with E-state index in [0.717, 1.165) is 16.6 Å². The molecule has 0 unspecified atom stereocenters. The highest BCUT2D eigenvalue weighted by molar-refractivity contribution is 7.90. The lowest BCUT2D eigenvalue weighted by molar-refractivity contribution is 0.574. The summed E-state index contributed by atoms with van der Waals surface area (Å²) in [5.74, 6) is 0. The lowest BCUT2D eigenvalue weighted by atomic mass is 9.92. The number of nitrogens with one attached hydrogen (secondary N) is 2. The summed E-state index contributed by atoms with van der Waals surface area (Å²) in [6.45, 7) is 6.92. The molecule has 0 aliphatic rings. The Balaban J connectivity index is 1.87. The minimum atomic E-state index is -3.34. The van der Waals surface area contributed by atoms with E-state index in [1.807, 2.05) is 12.1 Å². The van der Waals surface area contributed by atoms with E-state index >= 15 is 0 Å². The maximum atomic E-state index is 12.0. The van der Waals surface area contributed by atoms with Crippen LogP contribution in [0.4, 0.5) is 5.69 Å². The molecule has 1 heterocycles. The SMILES string of the molecule is CC(C)(C)c1cc2cc(NCc3ccc(Cl)cc3S(C)(=O)=O)ccc2[nH]1. The minimum absolute atomic E-state index is 0.0559. The zero-order chi connectivity index (χ0) is 19.1. The molecule has 0 atom stereocenters. The number of anilines is 1. The summed E-state index contributed by atoms with van der Waals surface area (Å²) >= 11 is 5.96. The number of hydrogen-bond acceptors (Lipinski definition) is 3. The van der Waals surface area contributed by atoms with E-state index in [1.165, 1.54) is 18.0 Å². The maximum absolute atomic E-state index is 12.0. The van der Waals surface area contributed by atoms with Crippen LogP contribution in [0.2, 0.25) is 5.02 Å². The molecule has 26 heavy (non-hydrogen) atoms. The van der Waals surface area contributed by atoms with E-state index in [4.69, 9.17) is 11.6 Å². The molecule has 0 bridgehead atoms. The number of aromatic nitrogens is 1. The summed E-state index contributed by atoms with van der Waals surface area (Å²) in [5.41, 5.74) is 3.96. The highest BCUT2D eigenvalue weighted by Gasteiger charge is 2.17. The number of fused-ring (bicyclic) bond motifs is 1. The van der Waals surface area contributed by atoms with Gasteiger partial charge < -0.3 is 10.3 Å². The predicted octanol–water partition coefficient (Wildman–Crippen LogP) is 5.13. The van der Waals surface area contributed by atoms with Gasteiger partial charge in [0.2, 0.25) is 0 Å². The fourth-order valence-corrected chi connectivity index (χ4v) is 4.06. The number of rotatable bonds is 4. The van der Waals surface area contributed by atoms with Crippen LogP contribution in [0.15, 0.2) is 47.4 Å². The summed E-state index contributed by atoms with van der Waals surface area (Å²) in [6.07, 6.45) is 1.20. The highest BCUT2D eigenvalue weighted by Crippen LogP contribution is 2.28. The topological polar surface area (TPSA) is 62.0 Å². The third-order valence-corrected chi connectivity index (χ3v) is 5.75. The monoisotopic (exact) mass is 390 g/mol. The average Bonchev–Trinajstić information content (AvgIpc) is 2.96. The van der Waals surface area contributed by atoms with Crippen molar-refractivity contribution >= 4 is 38.0 Å². The molecule has 0 aliphatic heterocycles.